The highest BCUT2D eigenvalue weighted by Gasteiger charge is 2.41. The number of sulfonamides is 1. The summed E-state index contributed by atoms with van der Waals surface area (Å²) in [5, 5.41) is 0. The van der Waals surface area contributed by atoms with E-state index >= 15 is 0 Å². The number of fused-ring (bicyclic) bond motifs is 1. The lowest BCUT2D eigenvalue weighted by atomic mass is 10.1. The highest BCUT2D eigenvalue weighted by Crippen LogP contribution is 2.31. The minimum atomic E-state index is -3.29. The second kappa shape index (κ2) is 6.13. The van der Waals surface area contributed by atoms with Crippen LogP contribution in [0, 0.1) is 5.92 Å². The first-order valence-electron chi connectivity index (χ1n) is 7.99. The third-order valence-electron chi connectivity index (χ3n) is 4.90. The highest BCUT2D eigenvalue weighted by molar-refractivity contribution is 7.92. The Morgan fingerprint density at radius 1 is 1.26 bits per heavy atom. The fourth-order valence-corrected chi connectivity index (χ4v) is 4.09. The number of hydrogen-bond donors (Lipinski definition) is 1. The predicted octanol–water partition coefficient (Wildman–Crippen LogP) is 1.22. The lowest BCUT2D eigenvalue weighted by Crippen LogP contribution is -2.35. The predicted molar refractivity (Wildman–Crippen MR) is 90.0 cm³/mol. The van der Waals surface area contributed by atoms with E-state index in [1.54, 1.807) is 31.2 Å². The summed E-state index contributed by atoms with van der Waals surface area (Å²) in [6.45, 7) is 4.30. The van der Waals surface area contributed by atoms with E-state index in [2.05, 4.69) is 16.7 Å². The molecule has 0 aromatic heterocycles. The van der Waals surface area contributed by atoms with Crippen LogP contribution in [0.2, 0.25) is 0 Å². The SMILES string of the molecule is CCS(=O)(=O)Nc1ccc(C(=O)N2C[C@@H]3CCN(C)[C@@H]3C2)cc1. The third kappa shape index (κ3) is 3.35. The number of likely N-dealkylation sites (N-methyl/N-ethyl adjacent to an activating group) is 1. The number of hydrogen-bond acceptors (Lipinski definition) is 4. The molecule has 2 aliphatic heterocycles. The molecule has 2 saturated heterocycles. The van der Waals surface area contributed by atoms with Gasteiger partial charge in [-0.1, -0.05) is 0 Å². The summed E-state index contributed by atoms with van der Waals surface area (Å²) in [7, 11) is -1.17. The van der Waals surface area contributed by atoms with Crippen LogP contribution in [0.1, 0.15) is 23.7 Å². The van der Waals surface area contributed by atoms with Crippen molar-refractivity contribution in [2.24, 2.45) is 5.92 Å². The molecule has 2 heterocycles. The van der Waals surface area contributed by atoms with Gasteiger partial charge in [0, 0.05) is 30.4 Å². The van der Waals surface area contributed by atoms with Crippen LogP contribution in [-0.2, 0) is 10.0 Å². The Morgan fingerprint density at radius 3 is 2.57 bits per heavy atom. The molecule has 126 valence electrons. The van der Waals surface area contributed by atoms with Crippen molar-refractivity contribution in [3.05, 3.63) is 29.8 Å². The maximum atomic E-state index is 12.6. The molecule has 0 radical (unpaired) electrons. The summed E-state index contributed by atoms with van der Waals surface area (Å²) in [6.07, 6.45) is 1.16. The summed E-state index contributed by atoms with van der Waals surface area (Å²) in [6, 6.07) is 7.14. The Bertz CT molecular complexity index is 687. The van der Waals surface area contributed by atoms with Gasteiger partial charge in [-0.25, -0.2) is 8.42 Å². The van der Waals surface area contributed by atoms with Crippen LogP contribution >= 0.6 is 0 Å². The van der Waals surface area contributed by atoms with Gasteiger partial charge in [0.1, 0.15) is 0 Å². The summed E-state index contributed by atoms with van der Waals surface area (Å²) >= 11 is 0. The first kappa shape index (κ1) is 16.3. The van der Waals surface area contributed by atoms with Gasteiger partial charge < -0.3 is 9.80 Å². The zero-order valence-corrected chi connectivity index (χ0v) is 14.3. The number of nitrogens with one attached hydrogen (secondary N) is 1. The molecule has 0 spiro atoms. The molecule has 0 unspecified atom stereocenters. The first-order valence-corrected chi connectivity index (χ1v) is 9.65. The number of nitrogens with zero attached hydrogens (tertiary/aromatic N) is 2. The average Bonchev–Trinajstić information content (AvgIpc) is 3.10. The van der Waals surface area contributed by atoms with Gasteiger partial charge >= 0.3 is 0 Å². The number of amides is 1. The van der Waals surface area contributed by atoms with Gasteiger partial charge in [-0.3, -0.25) is 9.52 Å². The molecular formula is C16H23N3O3S. The van der Waals surface area contributed by atoms with Gasteiger partial charge in [0.2, 0.25) is 10.0 Å². The average molecular weight is 337 g/mol. The Kier molecular flexibility index (Phi) is 4.33. The second-order valence-electron chi connectivity index (χ2n) is 6.39. The van der Waals surface area contributed by atoms with Crippen LogP contribution in [0.15, 0.2) is 24.3 Å². The zero-order chi connectivity index (χ0) is 16.6. The second-order valence-corrected chi connectivity index (χ2v) is 8.40. The van der Waals surface area contributed by atoms with Crippen LogP contribution in [0.3, 0.4) is 0 Å². The van der Waals surface area contributed by atoms with Gasteiger partial charge in [-0.05, 0) is 57.1 Å². The van der Waals surface area contributed by atoms with Crippen molar-refractivity contribution in [2.45, 2.75) is 19.4 Å². The highest BCUT2D eigenvalue weighted by atomic mass is 32.2. The van der Waals surface area contributed by atoms with Crippen molar-refractivity contribution in [2.75, 3.05) is 37.2 Å². The van der Waals surface area contributed by atoms with Gasteiger partial charge in [-0.2, -0.15) is 0 Å². The van der Waals surface area contributed by atoms with E-state index in [4.69, 9.17) is 0 Å². The molecule has 23 heavy (non-hydrogen) atoms. The molecule has 0 aliphatic carbocycles. The van der Waals surface area contributed by atoms with Crippen molar-refractivity contribution in [1.82, 2.24) is 9.80 Å². The van der Waals surface area contributed by atoms with Gasteiger partial charge in [0.25, 0.3) is 5.91 Å². The van der Waals surface area contributed by atoms with Crippen molar-refractivity contribution in [1.29, 1.82) is 0 Å². The van der Waals surface area contributed by atoms with E-state index in [1.807, 2.05) is 4.90 Å². The van der Waals surface area contributed by atoms with E-state index < -0.39 is 10.0 Å². The monoisotopic (exact) mass is 337 g/mol. The van der Waals surface area contributed by atoms with Crippen LogP contribution < -0.4 is 4.72 Å². The molecule has 1 aromatic rings. The van der Waals surface area contributed by atoms with Crippen molar-refractivity contribution in [3.63, 3.8) is 0 Å². The topological polar surface area (TPSA) is 69.7 Å². The summed E-state index contributed by atoms with van der Waals surface area (Å²) in [5.74, 6) is 0.634. The number of carbonyl (C=O) groups excluding carboxylic acids is 1. The standard InChI is InChI=1S/C16H23N3O3S/c1-3-23(21,22)17-14-6-4-12(5-7-14)16(20)19-10-13-8-9-18(2)15(13)11-19/h4-7,13,15,17H,3,8-11H2,1-2H3/t13-,15+/m0/s1. The third-order valence-corrected chi connectivity index (χ3v) is 6.20. The molecular weight excluding hydrogens is 314 g/mol. The van der Waals surface area contributed by atoms with Crippen LogP contribution in [-0.4, -0.2) is 62.6 Å². The molecule has 3 rings (SSSR count). The van der Waals surface area contributed by atoms with E-state index in [-0.39, 0.29) is 11.7 Å². The molecule has 6 nitrogen and oxygen atoms in total. The smallest absolute Gasteiger partial charge is 0.253 e. The van der Waals surface area contributed by atoms with E-state index in [9.17, 15) is 13.2 Å². The molecule has 2 fully saturated rings. The molecule has 2 aliphatic rings. The molecule has 1 amide bonds. The minimum Gasteiger partial charge on any atom is -0.337 e. The van der Waals surface area contributed by atoms with Crippen LogP contribution in [0.5, 0.6) is 0 Å². The molecule has 0 bridgehead atoms. The summed E-state index contributed by atoms with van der Waals surface area (Å²) in [4.78, 5) is 16.9. The molecule has 1 aromatic carbocycles. The molecule has 1 N–H and O–H groups in total. The Morgan fingerprint density at radius 2 is 1.96 bits per heavy atom. The van der Waals surface area contributed by atoms with Gasteiger partial charge in [-0.15, -0.1) is 0 Å². The zero-order valence-electron chi connectivity index (χ0n) is 13.5. The van der Waals surface area contributed by atoms with E-state index in [0.717, 1.165) is 26.1 Å². The fourth-order valence-electron chi connectivity index (χ4n) is 3.45. The first-order chi connectivity index (χ1) is 10.9. The molecule has 2 atom stereocenters. The Labute approximate surface area is 137 Å². The number of likely N-dealkylation sites (tertiary alicyclic amines) is 2. The van der Waals surface area contributed by atoms with Crippen molar-refractivity contribution in [3.8, 4) is 0 Å². The summed E-state index contributed by atoms with van der Waals surface area (Å²) in [5.41, 5.74) is 1.09. The van der Waals surface area contributed by atoms with Crippen molar-refractivity contribution >= 4 is 21.6 Å². The number of rotatable bonds is 4. The Hall–Kier alpha value is -1.60. The van der Waals surface area contributed by atoms with E-state index in [1.165, 1.54) is 0 Å². The lowest BCUT2D eigenvalue weighted by molar-refractivity contribution is 0.0774. The normalized spacial score (nSPS) is 24.7. The van der Waals surface area contributed by atoms with Gasteiger partial charge in [0.05, 0.1) is 5.75 Å². The van der Waals surface area contributed by atoms with Gasteiger partial charge in [0.15, 0.2) is 0 Å². The molecule has 0 saturated carbocycles. The van der Waals surface area contributed by atoms with Crippen LogP contribution in [0.25, 0.3) is 0 Å². The Balaban J connectivity index is 1.67. The number of benzene rings is 1. The maximum absolute atomic E-state index is 12.6. The number of carbonyl (C=O) groups is 1. The maximum Gasteiger partial charge on any atom is 0.253 e. The van der Waals surface area contributed by atoms with Crippen molar-refractivity contribution < 1.29 is 13.2 Å². The molecule has 7 heteroatoms. The summed E-state index contributed by atoms with van der Waals surface area (Å²) < 4.78 is 25.6. The largest absolute Gasteiger partial charge is 0.337 e. The fraction of sp³-hybridized carbons (Fsp3) is 0.562. The lowest BCUT2D eigenvalue weighted by Gasteiger charge is -2.21. The van der Waals surface area contributed by atoms with E-state index in [0.29, 0.717) is 23.2 Å². The number of anilines is 1. The van der Waals surface area contributed by atoms with Crippen LogP contribution in [0.4, 0.5) is 5.69 Å². The quantitative estimate of drug-likeness (QED) is 0.897. The minimum absolute atomic E-state index is 0.0255.